The maximum absolute atomic E-state index is 3.83. The molecule has 118 valence electrons. The molecule has 1 aliphatic carbocycles. The number of likely N-dealkylation sites (N-methyl/N-ethyl adjacent to an activating group) is 1. The summed E-state index contributed by atoms with van der Waals surface area (Å²) in [5.41, 5.74) is 0.454. The van der Waals surface area contributed by atoms with Crippen LogP contribution in [0.25, 0.3) is 0 Å². The van der Waals surface area contributed by atoms with Crippen molar-refractivity contribution in [2.45, 2.75) is 84.7 Å². The molecule has 3 unspecified atom stereocenters. The van der Waals surface area contributed by atoms with Crippen LogP contribution < -0.4 is 5.32 Å². The van der Waals surface area contributed by atoms with Gasteiger partial charge >= 0.3 is 0 Å². The molecule has 2 fully saturated rings. The van der Waals surface area contributed by atoms with Gasteiger partial charge in [-0.1, -0.05) is 40.5 Å². The molecular weight excluding hydrogens is 244 g/mol. The summed E-state index contributed by atoms with van der Waals surface area (Å²) in [4.78, 5) is 2.84. The van der Waals surface area contributed by atoms with E-state index in [0.29, 0.717) is 11.5 Å². The third kappa shape index (κ3) is 3.76. The predicted octanol–water partition coefficient (Wildman–Crippen LogP) is 4.06. The van der Waals surface area contributed by atoms with E-state index < -0.39 is 0 Å². The lowest BCUT2D eigenvalue weighted by atomic mass is 9.70. The zero-order chi connectivity index (χ0) is 14.6. The summed E-state index contributed by atoms with van der Waals surface area (Å²) in [6.07, 6.45) is 9.86. The van der Waals surface area contributed by atoms with Gasteiger partial charge in [-0.05, 0) is 63.1 Å². The summed E-state index contributed by atoms with van der Waals surface area (Å²) in [6.45, 7) is 13.3. The summed E-state index contributed by atoms with van der Waals surface area (Å²) in [6, 6.07) is 1.45. The third-order valence-corrected chi connectivity index (χ3v) is 5.90. The van der Waals surface area contributed by atoms with Crippen molar-refractivity contribution in [3.05, 3.63) is 0 Å². The minimum Gasteiger partial charge on any atom is -0.312 e. The highest BCUT2D eigenvalue weighted by atomic mass is 15.2. The average Bonchev–Trinajstić information content (AvgIpc) is 2.66. The molecule has 0 spiro atoms. The van der Waals surface area contributed by atoms with Gasteiger partial charge in [0.05, 0.1) is 0 Å². The van der Waals surface area contributed by atoms with Crippen molar-refractivity contribution in [3.8, 4) is 0 Å². The van der Waals surface area contributed by atoms with E-state index in [2.05, 4.69) is 37.9 Å². The quantitative estimate of drug-likeness (QED) is 0.835. The van der Waals surface area contributed by atoms with Gasteiger partial charge in [0.2, 0.25) is 0 Å². The summed E-state index contributed by atoms with van der Waals surface area (Å²) in [7, 11) is 0. The minimum absolute atomic E-state index is 0.454. The van der Waals surface area contributed by atoms with Gasteiger partial charge < -0.3 is 5.32 Å². The molecule has 2 heteroatoms. The molecule has 3 atom stereocenters. The molecular formula is C18H36N2. The lowest BCUT2D eigenvalue weighted by molar-refractivity contribution is 0.0503. The molecule has 1 saturated heterocycles. The van der Waals surface area contributed by atoms with Crippen LogP contribution in [0.2, 0.25) is 0 Å². The van der Waals surface area contributed by atoms with Gasteiger partial charge in [-0.3, -0.25) is 4.90 Å². The topological polar surface area (TPSA) is 15.3 Å². The van der Waals surface area contributed by atoms with Gasteiger partial charge in [0, 0.05) is 12.1 Å². The van der Waals surface area contributed by atoms with E-state index in [1.165, 1.54) is 58.0 Å². The number of hydrogen-bond acceptors (Lipinski definition) is 2. The Bertz CT molecular complexity index is 287. The van der Waals surface area contributed by atoms with Crippen molar-refractivity contribution in [2.24, 2.45) is 11.3 Å². The fourth-order valence-electron chi connectivity index (χ4n) is 4.56. The smallest absolute Gasteiger partial charge is 0.0274 e. The highest BCUT2D eigenvalue weighted by molar-refractivity contribution is 4.98. The van der Waals surface area contributed by atoms with Crippen LogP contribution >= 0.6 is 0 Å². The summed E-state index contributed by atoms with van der Waals surface area (Å²) >= 11 is 0. The fourth-order valence-corrected chi connectivity index (χ4v) is 4.56. The van der Waals surface area contributed by atoms with Crippen LogP contribution in [0.3, 0.4) is 0 Å². The van der Waals surface area contributed by atoms with Gasteiger partial charge in [0.1, 0.15) is 0 Å². The molecule has 20 heavy (non-hydrogen) atoms. The van der Waals surface area contributed by atoms with Crippen LogP contribution in [-0.4, -0.2) is 36.6 Å². The highest BCUT2D eigenvalue weighted by Crippen LogP contribution is 2.38. The molecule has 0 amide bonds. The number of nitrogens with zero attached hydrogens (tertiary/aromatic N) is 1. The van der Waals surface area contributed by atoms with Crippen molar-refractivity contribution in [1.82, 2.24) is 10.2 Å². The van der Waals surface area contributed by atoms with Crippen molar-refractivity contribution in [2.75, 3.05) is 19.6 Å². The maximum Gasteiger partial charge on any atom is 0.0274 e. The Morgan fingerprint density at radius 1 is 1.05 bits per heavy atom. The van der Waals surface area contributed by atoms with Gasteiger partial charge in [-0.2, -0.15) is 0 Å². The second-order valence-corrected chi connectivity index (χ2v) is 7.72. The lowest BCUT2D eigenvalue weighted by Gasteiger charge is -2.48. The van der Waals surface area contributed by atoms with Crippen molar-refractivity contribution in [1.29, 1.82) is 0 Å². The monoisotopic (exact) mass is 280 g/mol. The average molecular weight is 280 g/mol. The Labute approximate surface area is 126 Å². The van der Waals surface area contributed by atoms with Crippen LogP contribution in [0, 0.1) is 11.3 Å². The third-order valence-electron chi connectivity index (χ3n) is 5.90. The van der Waals surface area contributed by atoms with Gasteiger partial charge in [-0.25, -0.2) is 0 Å². The number of likely N-dealkylation sites (tertiary alicyclic amines) is 1. The Balaban J connectivity index is 2.04. The van der Waals surface area contributed by atoms with Gasteiger partial charge in [0.25, 0.3) is 0 Å². The molecule has 1 heterocycles. The second-order valence-electron chi connectivity index (χ2n) is 7.72. The molecule has 1 saturated carbocycles. The first kappa shape index (κ1) is 16.3. The molecule has 2 aliphatic rings. The molecule has 0 aromatic carbocycles. The second kappa shape index (κ2) is 7.26. The molecule has 0 bridgehead atoms. The van der Waals surface area contributed by atoms with Crippen LogP contribution in [0.15, 0.2) is 0 Å². The number of nitrogens with one attached hydrogen (secondary N) is 1. The van der Waals surface area contributed by atoms with Gasteiger partial charge in [0.15, 0.2) is 0 Å². The molecule has 0 radical (unpaired) electrons. The Kier molecular flexibility index (Phi) is 5.92. The largest absolute Gasteiger partial charge is 0.312 e. The van der Waals surface area contributed by atoms with E-state index >= 15 is 0 Å². The summed E-state index contributed by atoms with van der Waals surface area (Å²) in [5, 5.41) is 3.83. The lowest BCUT2D eigenvalue weighted by Crippen LogP contribution is -2.59. The Morgan fingerprint density at radius 3 is 2.55 bits per heavy atom. The first-order valence-electron chi connectivity index (χ1n) is 9.06. The van der Waals surface area contributed by atoms with E-state index in [1.54, 1.807) is 0 Å². The first-order valence-corrected chi connectivity index (χ1v) is 9.06. The first-order chi connectivity index (χ1) is 9.58. The highest BCUT2D eigenvalue weighted by Gasteiger charge is 2.41. The standard InChI is InChI=1S/C18H36N2/c1-5-15-9-8-13-20(14-11-15)16-10-7-12-18(3,4)17(16)19-6-2/h15-17,19H,5-14H2,1-4H3. The van der Waals surface area contributed by atoms with E-state index in [9.17, 15) is 0 Å². The summed E-state index contributed by atoms with van der Waals surface area (Å²) < 4.78 is 0. The van der Waals surface area contributed by atoms with Gasteiger partial charge in [-0.15, -0.1) is 0 Å². The van der Waals surface area contributed by atoms with E-state index in [4.69, 9.17) is 0 Å². The van der Waals surface area contributed by atoms with Crippen molar-refractivity contribution < 1.29 is 0 Å². The normalized spacial score (nSPS) is 35.7. The minimum atomic E-state index is 0.454. The van der Waals surface area contributed by atoms with E-state index in [1.807, 2.05) is 0 Å². The summed E-state index contributed by atoms with van der Waals surface area (Å²) in [5.74, 6) is 0.981. The Morgan fingerprint density at radius 2 is 1.85 bits per heavy atom. The molecule has 1 N–H and O–H groups in total. The maximum atomic E-state index is 3.83. The zero-order valence-corrected chi connectivity index (χ0v) is 14.3. The molecule has 2 nitrogen and oxygen atoms in total. The SMILES string of the molecule is CCNC1C(N2CCCC(CC)CC2)CCCC1(C)C. The fraction of sp³-hybridized carbons (Fsp3) is 1.00. The molecule has 0 aromatic heterocycles. The van der Waals surface area contributed by atoms with Crippen LogP contribution in [0.1, 0.15) is 72.6 Å². The number of hydrogen-bond donors (Lipinski definition) is 1. The Hall–Kier alpha value is -0.0800. The van der Waals surface area contributed by atoms with Crippen molar-refractivity contribution in [3.63, 3.8) is 0 Å². The van der Waals surface area contributed by atoms with Crippen molar-refractivity contribution >= 4 is 0 Å². The van der Waals surface area contributed by atoms with E-state index in [-0.39, 0.29) is 0 Å². The molecule has 2 rings (SSSR count). The predicted molar refractivity (Wildman–Crippen MR) is 88.1 cm³/mol. The number of rotatable bonds is 4. The molecule has 1 aliphatic heterocycles. The van der Waals surface area contributed by atoms with Crippen LogP contribution in [0.4, 0.5) is 0 Å². The van der Waals surface area contributed by atoms with Crippen LogP contribution in [-0.2, 0) is 0 Å². The van der Waals surface area contributed by atoms with E-state index in [0.717, 1.165) is 18.5 Å². The van der Waals surface area contributed by atoms with Crippen LogP contribution in [0.5, 0.6) is 0 Å². The molecule has 0 aromatic rings. The zero-order valence-electron chi connectivity index (χ0n) is 14.3.